The summed E-state index contributed by atoms with van der Waals surface area (Å²) in [6.45, 7) is 2.03. The maximum absolute atomic E-state index is 12.7. The van der Waals surface area contributed by atoms with Crippen molar-refractivity contribution < 1.29 is 4.79 Å². The standard InChI is InChI=1S/C17H17N7OS2/c1-4-26-15-9(6-5-7-19-15)14(25)23-17-21-11-12-10(20-8-24(12)3)13(18-2)22-16(11)27-17/h5-8H,4H2,1-3H3,(H,18,22)(H,21,23,25). The molecule has 0 spiro atoms. The number of aryl methyl sites for hydroxylation is 1. The summed E-state index contributed by atoms with van der Waals surface area (Å²) >= 11 is 2.87. The Labute approximate surface area is 163 Å². The lowest BCUT2D eigenvalue weighted by Crippen LogP contribution is -2.13. The molecule has 4 aromatic heterocycles. The number of nitrogens with zero attached hydrogens (tertiary/aromatic N) is 5. The lowest BCUT2D eigenvalue weighted by molar-refractivity contribution is 0.102. The van der Waals surface area contributed by atoms with Crippen LogP contribution in [0.3, 0.4) is 0 Å². The summed E-state index contributed by atoms with van der Waals surface area (Å²) in [5.74, 6) is 1.30. The van der Waals surface area contributed by atoms with Crippen molar-refractivity contribution in [2.75, 3.05) is 23.4 Å². The van der Waals surface area contributed by atoms with Gasteiger partial charge in [-0.2, -0.15) is 0 Å². The van der Waals surface area contributed by atoms with E-state index < -0.39 is 0 Å². The summed E-state index contributed by atoms with van der Waals surface area (Å²) in [4.78, 5) is 31.3. The molecule has 0 saturated carbocycles. The largest absolute Gasteiger partial charge is 0.371 e. The van der Waals surface area contributed by atoms with Gasteiger partial charge in [0.1, 0.15) is 26.4 Å². The van der Waals surface area contributed by atoms with Gasteiger partial charge in [0.15, 0.2) is 10.9 Å². The molecular weight excluding hydrogens is 382 g/mol. The Morgan fingerprint density at radius 1 is 1.30 bits per heavy atom. The minimum atomic E-state index is -0.229. The lowest BCUT2D eigenvalue weighted by Gasteiger charge is -2.06. The van der Waals surface area contributed by atoms with Crippen molar-refractivity contribution >= 4 is 61.3 Å². The van der Waals surface area contributed by atoms with Crippen LogP contribution in [-0.2, 0) is 7.05 Å². The molecule has 2 N–H and O–H groups in total. The number of aromatic nitrogens is 5. The molecule has 8 nitrogen and oxygen atoms in total. The number of imidazole rings is 1. The van der Waals surface area contributed by atoms with Crippen LogP contribution in [0.15, 0.2) is 29.7 Å². The number of carbonyl (C=O) groups excluding carboxylic acids is 1. The van der Waals surface area contributed by atoms with Crippen LogP contribution in [0.2, 0.25) is 0 Å². The van der Waals surface area contributed by atoms with E-state index >= 15 is 0 Å². The molecule has 0 radical (unpaired) electrons. The first kappa shape index (κ1) is 17.7. The summed E-state index contributed by atoms with van der Waals surface area (Å²) in [7, 11) is 3.72. The topological polar surface area (TPSA) is 97.6 Å². The van der Waals surface area contributed by atoms with Crippen LogP contribution in [-0.4, -0.2) is 43.2 Å². The zero-order valence-electron chi connectivity index (χ0n) is 15.0. The van der Waals surface area contributed by atoms with Gasteiger partial charge in [-0.05, 0) is 17.9 Å². The van der Waals surface area contributed by atoms with Gasteiger partial charge in [0.2, 0.25) is 0 Å². The molecule has 4 aromatic rings. The number of amides is 1. The third-order valence-corrected chi connectivity index (χ3v) is 5.71. The smallest absolute Gasteiger partial charge is 0.260 e. The van der Waals surface area contributed by atoms with Crippen LogP contribution in [0, 0.1) is 0 Å². The van der Waals surface area contributed by atoms with E-state index in [0.717, 1.165) is 27.1 Å². The number of nitrogens with one attached hydrogen (secondary N) is 2. The van der Waals surface area contributed by atoms with E-state index in [9.17, 15) is 4.79 Å². The molecule has 0 atom stereocenters. The minimum absolute atomic E-state index is 0.229. The van der Waals surface area contributed by atoms with Crippen molar-refractivity contribution in [1.82, 2.24) is 24.5 Å². The van der Waals surface area contributed by atoms with E-state index in [1.165, 1.54) is 23.1 Å². The van der Waals surface area contributed by atoms with Crippen molar-refractivity contribution in [2.45, 2.75) is 11.9 Å². The number of hydrogen-bond acceptors (Lipinski definition) is 8. The van der Waals surface area contributed by atoms with E-state index in [2.05, 4.69) is 30.6 Å². The average molecular weight is 400 g/mol. The maximum atomic E-state index is 12.7. The fourth-order valence-electron chi connectivity index (χ4n) is 2.79. The Hall–Kier alpha value is -2.72. The van der Waals surface area contributed by atoms with Gasteiger partial charge in [-0.3, -0.25) is 10.1 Å². The highest BCUT2D eigenvalue weighted by molar-refractivity contribution is 7.99. The molecule has 0 aromatic carbocycles. The first-order chi connectivity index (χ1) is 13.1. The van der Waals surface area contributed by atoms with Gasteiger partial charge in [0.25, 0.3) is 5.91 Å². The second-order valence-corrected chi connectivity index (χ2v) is 7.91. The van der Waals surface area contributed by atoms with Crippen LogP contribution in [0.1, 0.15) is 17.3 Å². The van der Waals surface area contributed by atoms with Crippen LogP contribution in [0.5, 0.6) is 0 Å². The third kappa shape index (κ3) is 3.10. The first-order valence-electron chi connectivity index (χ1n) is 8.30. The van der Waals surface area contributed by atoms with Gasteiger partial charge in [0.05, 0.1) is 11.9 Å². The average Bonchev–Trinajstić information content (AvgIpc) is 3.24. The van der Waals surface area contributed by atoms with E-state index in [4.69, 9.17) is 0 Å². The van der Waals surface area contributed by atoms with Crippen LogP contribution in [0.25, 0.3) is 21.4 Å². The second-order valence-electron chi connectivity index (χ2n) is 5.68. The highest BCUT2D eigenvalue weighted by Gasteiger charge is 2.19. The molecular formula is C17H17N7OS2. The van der Waals surface area contributed by atoms with Gasteiger partial charge in [0, 0.05) is 20.3 Å². The number of thioether (sulfide) groups is 1. The van der Waals surface area contributed by atoms with Crippen LogP contribution in [0.4, 0.5) is 10.9 Å². The Morgan fingerprint density at radius 2 is 2.15 bits per heavy atom. The third-order valence-electron chi connectivity index (χ3n) is 3.96. The van der Waals surface area contributed by atoms with Crippen molar-refractivity contribution in [2.24, 2.45) is 7.05 Å². The zero-order chi connectivity index (χ0) is 19.0. The highest BCUT2D eigenvalue weighted by Crippen LogP contribution is 2.33. The number of thiazole rings is 1. The molecule has 0 aliphatic rings. The van der Waals surface area contributed by atoms with Crippen LogP contribution >= 0.6 is 23.1 Å². The number of rotatable bonds is 5. The van der Waals surface area contributed by atoms with E-state index in [1.54, 1.807) is 31.7 Å². The zero-order valence-corrected chi connectivity index (χ0v) is 16.6. The number of fused-ring (bicyclic) bond motifs is 3. The molecule has 0 saturated heterocycles. The summed E-state index contributed by atoms with van der Waals surface area (Å²) in [6.07, 6.45) is 3.42. The molecule has 0 aliphatic carbocycles. The Balaban J connectivity index is 1.74. The summed E-state index contributed by atoms with van der Waals surface area (Å²) < 4.78 is 1.91. The predicted octanol–water partition coefficient (Wildman–Crippen LogP) is 3.38. The number of pyridine rings is 2. The molecule has 0 unspecified atom stereocenters. The molecule has 1 amide bonds. The number of anilines is 2. The van der Waals surface area contributed by atoms with Crippen molar-refractivity contribution in [3.63, 3.8) is 0 Å². The van der Waals surface area contributed by atoms with Crippen molar-refractivity contribution in [1.29, 1.82) is 0 Å². The molecule has 0 bridgehead atoms. The molecule has 0 aliphatic heterocycles. The molecule has 138 valence electrons. The quantitative estimate of drug-likeness (QED) is 0.497. The van der Waals surface area contributed by atoms with Gasteiger partial charge >= 0.3 is 0 Å². The molecule has 4 rings (SSSR count). The summed E-state index contributed by atoms with van der Waals surface area (Å²) in [5.41, 5.74) is 2.89. The summed E-state index contributed by atoms with van der Waals surface area (Å²) in [5, 5.41) is 7.16. The Morgan fingerprint density at radius 3 is 2.93 bits per heavy atom. The predicted molar refractivity (Wildman–Crippen MR) is 110 cm³/mol. The fraction of sp³-hybridized carbons (Fsp3) is 0.235. The second kappa shape index (κ2) is 7.12. The molecule has 4 heterocycles. The van der Waals surface area contributed by atoms with E-state index in [0.29, 0.717) is 21.5 Å². The minimum Gasteiger partial charge on any atom is -0.371 e. The molecule has 0 fully saturated rings. The summed E-state index contributed by atoms with van der Waals surface area (Å²) in [6, 6.07) is 3.53. The van der Waals surface area contributed by atoms with E-state index in [1.807, 2.05) is 18.5 Å². The van der Waals surface area contributed by atoms with Gasteiger partial charge in [-0.1, -0.05) is 18.3 Å². The van der Waals surface area contributed by atoms with Crippen molar-refractivity contribution in [3.05, 3.63) is 30.2 Å². The number of carbonyl (C=O) groups is 1. The van der Waals surface area contributed by atoms with Crippen molar-refractivity contribution in [3.8, 4) is 0 Å². The Kier molecular flexibility index (Phi) is 4.66. The van der Waals surface area contributed by atoms with Gasteiger partial charge in [-0.15, -0.1) is 11.8 Å². The highest BCUT2D eigenvalue weighted by atomic mass is 32.2. The SMILES string of the molecule is CCSc1ncccc1C(=O)Nc1nc2c(nc(NC)c3ncn(C)c32)s1. The monoisotopic (exact) mass is 399 g/mol. The maximum Gasteiger partial charge on any atom is 0.260 e. The molecule has 27 heavy (non-hydrogen) atoms. The van der Waals surface area contributed by atoms with Crippen LogP contribution < -0.4 is 10.6 Å². The van der Waals surface area contributed by atoms with E-state index in [-0.39, 0.29) is 5.91 Å². The first-order valence-corrected chi connectivity index (χ1v) is 10.1. The van der Waals surface area contributed by atoms with Gasteiger partial charge in [-0.25, -0.2) is 19.9 Å². The van der Waals surface area contributed by atoms with Gasteiger partial charge < -0.3 is 9.88 Å². The molecule has 10 heteroatoms. The Bertz CT molecular complexity index is 1150. The lowest BCUT2D eigenvalue weighted by atomic mass is 10.3. The number of hydrogen-bond donors (Lipinski definition) is 2. The normalized spacial score (nSPS) is 11.2. The fourth-order valence-corrected chi connectivity index (χ4v) is 4.35.